The SMILES string of the molecule is CCOc1ccc(C(=O)Nc2nc3scc(-c4ccccc4)n3n2)cc1. The number of nitrogens with zero attached hydrogens (tertiary/aromatic N) is 3. The zero-order chi connectivity index (χ0) is 17.9. The topological polar surface area (TPSA) is 68.5 Å². The molecular formula is C19H16N4O2S. The summed E-state index contributed by atoms with van der Waals surface area (Å²) in [5, 5.41) is 9.17. The fraction of sp³-hybridized carbons (Fsp3) is 0.105. The molecule has 0 aliphatic carbocycles. The molecule has 0 radical (unpaired) electrons. The van der Waals surface area contributed by atoms with Gasteiger partial charge in [-0.15, -0.1) is 16.4 Å². The maximum absolute atomic E-state index is 12.4. The zero-order valence-corrected chi connectivity index (χ0v) is 14.9. The lowest BCUT2D eigenvalue weighted by molar-refractivity contribution is 0.102. The second-order valence-electron chi connectivity index (χ2n) is 5.53. The van der Waals surface area contributed by atoms with Crippen LogP contribution in [0.25, 0.3) is 16.2 Å². The Morgan fingerprint density at radius 2 is 1.92 bits per heavy atom. The highest BCUT2D eigenvalue weighted by Crippen LogP contribution is 2.25. The van der Waals surface area contributed by atoms with Crippen LogP contribution in [0.4, 0.5) is 5.95 Å². The summed E-state index contributed by atoms with van der Waals surface area (Å²) in [7, 11) is 0. The molecule has 4 aromatic rings. The van der Waals surface area contributed by atoms with Crippen LogP contribution in [0.3, 0.4) is 0 Å². The smallest absolute Gasteiger partial charge is 0.258 e. The van der Waals surface area contributed by atoms with E-state index in [1.54, 1.807) is 28.8 Å². The third-order valence-corrected chi connectivity index (χ3v) is 4.62. The lowest BCUT2D eigenvalue weighted by Gasteiger charge is -2.04. The van der Waals surface area contributed by atoms with Gasteiger partial charge in [-0.2, -0.15) is 4.98 Å². The molecule has 0 atom stereocenters. The van der Waals surface area contributed by atoms with Crippen molar-refractivity contribution in [2.24, 2.45) is 0 Å². The second kappa shape index (κ2) is 6.97. The highest BCUT2D eigenvalue weighted by Gasteiger charge is 2.14. The van der Waals surface area contributed by atoms with Crippen molar-refractivity contribution in [2.75, 3.05) is 11.9 Å². The molecule has 6 nitrogen and oxygen atoms in total. The Bertz CT molecular complexity index is 1040. The molecule has 0 aliphatic rings. The number of rotatable bonds is 5. The Balaban J connectivity index is 1.56. The number of ether oxygens (including phenoxy) is 1. The van der Waals surface area contributed by atoms with Crippen molar-refractivity contribution in [1.29, 1.82) is 0 Å². The Morgan fingerprint density at radius 1 is 1.15 bits per heavy atom. The summed E-state index contributed by atoms with van der Waals surface area (Å²) < 4.78 is 7.13. The minimum absolute atomic E-state index is 0.257. The first-order valence-electron chi connectivity index (χ1n) is 8.18. The van der Waals surface area contributed by atoms with Crippen molar-refractivity contribution in [2.45, 2.75) is 6.92 Å². The van der Waals surface area contributed by atoms with Crippen molar-refractivity contribution in [3.05, 3.63) is 65.5 Å². The van der Waals surface area contributed by atoms with E-state index >= 15 is 0 Å². The molecule has 1 amide bonds. The molecule has 0 fully saturated rings. The lowest BCUT2D eigenvalue weighted by atomic mass is 10.2. The molecule has 26 heavy (non-hydrogen) atoms. The van der Waals surface area contributed by atoms with E-state index in [2.05, 4.69) is 15.4 Å². The van der Waals surface area contributed by atoms with Gasteiger partial charge in [0.2, 0.25) is 4.96 Å². The number of hydrogen-bond donors (Lipinski definition) is 1. The van der Waals surface area contributed by atoms with Crippen LogP contribution in [-0.4, -0.2) is 27.1 Å². The molecule has 2 heterocycles. The van der Waals surface area contributed by atoms with E-state index in [1.807, 2.05) is 42.6 Å². The molecule has 0 spiro atoms. The van der Waals surface area contributed by atoms with E-state index in [1.165, 1.54) is 11.3 Å². The maximum atomic E-state index is 12.4. The van der Waals surface area contributed by atoms with Gasteiger partial charge in [-0.1, -0.05) is 30.3 Å². The highest BCUT2D eigenvalue weighted by molar-refractivity contribution is 7.15. The van der Waals surface area contributed by atoms with E-state index in [0.29, 0.717) is 12.2 Å². The van der Waals surface area contributed by atoms with Gasteiger partial charge in [-0.3, -0.25) is 10.1 Å². The molecule has 0 aliphatic heterocycles. The molecule has 2 aromatic carbocycles. The monoisotopic (exact) mass is 364 g/mol. The minimum atomic E-state index is -0.257. The van der Waals surface area contributed by atoms with Gasteiger partial charge in [0.25, 0.3) is 11.9 Å². The molecule has 1 N–H and O–H groups in total. The normalized spacial score (nSPS) is 10.8. The van der Waals surface area contributed by atoms with Gasteiger partial charge < -0.3 is 4.74 Å². The fourth-order valence-electron chi connectivity index (χ4n) is 2.58. The average Bonchev–Trinajstić information content (AvgIpc) is 3.23. The van der Waals surface area contributed by atoms with Crippen LogP contribution < -0.4 is 10.1 Å². The van der Waals surface area contributed by atoms with Gasteiger partial charge in [0.05, 0.1) is 12.3 Å². The predicted molar refractivity (Wildman–Crippen MR) is 102 cm³/mol. The first-order valence-corrected chi connectivity index (χ1v) is 9.06. The number of amides is 1. The molecule has 2 aromatic heterocycles. The van der Waals surface area contributed by atoms with Gasteiger partial charge in [0, 0.05) is 16.5 Å². The average molecular weight is 364 g/mol. The number of benzene rings is 2. The van der Waals surface area contributed by atoms with Crippen LogP contribution in [0.15, 0.2) is 60.0 Å². The van der Waals surface area contributed by atoms with Crippen LogP contribution in [0.2, 0.25) is 0 Å². The summed E-state index contributed by atoms with van der Waals surface area (Å²) >= 11 is 1.48. The van der Waals surface area contributed by atoms with Crippen molar-refractivity contribution in [1.82, 2.24) is 14.6 Å². The van der Waals surface area contributed by atoms with Crippen LogP contribution >= 0.6 is 11.3 Å². The van der Waals surface area contributed by atoms with Crippen molar-refractivity contribution >= 4 is 28.2 Å². The molecule has 4 rings (SSSR count). The van der Waals surface area contributed by atoms with Gasteiger partial charge in [-0.05, 0) is 31.2 Å². The molecule has 0 saturated carbocycles. The lowest BCUT2D eigenvalue weighted by Crippen LogP contribution is -2.13. The van der Waals surface area contributed by atoms with E-state index in [0.717, 1.165) is 22.0 Å². The van der Waals surface area contributed by atoms with Gasteiger partial charge >= 0.3 is 0 Å². The Kier molecular flexibility index (Phi) is 4.37. The van der Waals surface area contributed by atoms with Crippen LogP contribution in [-0.2, 0) is 0 Å². The standard InChI is InChI=1S/C19H16N4O2S/c1-2-25-15-10-8-14(9-11-15)17(24)20-18-21-19-23(22-18)16(12-26-19)13-6-4-3-5-7-13/h3-12H,2H2,1H3,(H,20,22,24). The predicted octanol–water partition coefficient (Wildman–Crippen LogP) is 4.11. The highest BCUT2D eigenvalue weighted by atomic mass is 32.1. The Hall–Kier alpha value is -3.19. The quantitative estimate of drug-likeness (QED) is 0.579. The summed E-state index contributed by atoms with van der Waals surface area (Å²) in [6.45, 7) is 2.50. The number of hydrogen-bond acceptors (Lipinski definition) is 5. The number of carbonyl (C=O) groups is 1. The van der Waals surface area contributed by atoms with E-state index in [4.69, 9.17) is 4.74 Å². The summed E-state index contributed by atoms with van der Waals surface area (Å²) in [6.07, 6.45) is 0. The van der Waals surface area contributed by atoms with E-state index < -0.39 is 0 Å². The minimum Gasteiger partial charge on any atom is -0.494 e. The van der Waals surface area contributed by atoms with E-state index in [9.17, 15) is 4.79 Å². The number of carbonyl (C=O) groups excluding carboxylic acids is 1. The second-order valence-corrected chi connectivity index (χ2v) is 6.36. The molecule has 0 unspecified atom stereocenters. The molecule has 7 heteroatoms. The Labute approximate surface area is 154 Å². The number of fused-ring (bicyclic) bond motifs is 1. The van der Waals surface area contributed by atoms with Crippen LogP contribution in [0.1, 0.15) is 17.3 Å². The summed E-state index contributed by atoms with van der Waals surface area (Å²) in [4.78, 5) is 17.5. The number of nitrogens with one attached hydrogen (secondary N) is 1. The van der Waals surface area contributed by atoms with Gasteiger partial charge in [0.1, 0.15) is 5.75 Å². The third kappa shape index (κ3) is 3.16. The largest absolute Gasteiger partial charge is 0.494 e. The molecule has 0 bridgehead atoms. The summed E-state index contributed by atoms with van der Waals surface area (Å²) in [5.74, 6) is 0.762. The maximum Gasteiger partial charge on any atom is 0.258 e. The van der Waals surface area contributed by atoms with Crippen LogP contribution in [0, 0.1) is 0 Å². The van der Waals surface area contributed by atoms with Crippen LogP contribution in [0.5, 0.6) is 5.75 Å². The van der Waals surface area contributed by atoms with E-state index in [-0.39, 0.29) is 11.9 Å². The first kappa shape index (κ1) is 16.3. The third-order valence-electron chi connectivity index (χ3n) is 3.80. The zero-order valence-electron chi connectivity index (χ0n) is 14.0. The first-order chi connectivity index (χ1) is 12.7. The molecule has 0 saturated heterocycles. The Morgan fingerprint density at radius 3 is 2.65 bits per heavy atom. The fourth-order valence-corrected chi connectivity index (χ4v) is 3.42. The van der Waals surface area contributed by atoms with Gasteiger partial charge in [-0.25, -0.2) is 4.52 Å². The molecular weight excluding hydrogens is 348 g/mol. The molecule has 130 valence electrons. The van der Waals surface area contributed by atoms with Crippen molar-refractivity contribution in [3.8, 4) is 17.0 Å². The number of thiazole rings is 1. The number of aromatic nitrogens is 3. The van der Waals surface area contributed by atoms with Gasteiger partial charge in [0.15, 0.2) is 0 Å². The van der Waals surface area contributed by atoms with Crippen molar-refractivity contribution < 1.29 is 9.53 Å². The van der Waals surface area contributed by atoms with Crippen molar-refractivity contribution in [3.63, 3.8) is 0 Å². The number of anilines is 1. The summed E-state index contributed by atoms with van der Waals surface area (Å²) in [5.41, 5.74) is 2.52. The summed E-state index contributed by atoms with van der Waals surface area (Å²) in [6, 6.07) is 16.9.